The highest BCUT2D eigenvalue weighted by atomic mass is 16.2. The molecule has 12 heavy (non-hydrogen) atoms. The first-order chi connectivity index (χ1) is 5.64. The highest BCUT2D eigenvalue weighted by Crippen LogP contribution is 2.28. The van der Waals surface area contributed by atoms with Crippen LogP contribution in [0.4, 0.5) is 0 Å². The molecule has 2 aromatic rings. The fourth-order valence-corrected chi connectivity index (χ4v) is 1.46. The average molecular weight is 160 g/mol. The van der Waals surface area contributed by atoms with Gasteiger partial charge >= 0.3 is 0 Å². The molecule has 0 saturated carbocycles. The molecule has 0 spiro atoms. The number of carbonyl (C=O) groups is 2. The Hall–Kier alpha value is -1.84. The zero-order chi connectivity index (χ0) is 8.62. The van der Waals surface area contributed by atoms with E-state index in [0.29, 0.717) is 0 Å². The van der Waals surface area contributed by atoms with E-state index in [4.69, 9.17) is 0 Å². The van der Waals surface area contributed by atoms with Gasteiger partial charge in [0.05, 0.1) is 22.3 Å². The smallest absolute Gasteiger partial charge is 0.202 e. The van der Waals surface area contributed by atoms with Crippen LogP contribution in [-0.4, -0.2) is 11.6 Å². The molecule has 0 bridgehead atoms. The van der Waals surface area contributed by atoms with Gasteiger partial charge in [-0.05, 0) is 0 Å². The summed E-state index contributed by atoms with van der Waals surface area (Å²) in [4.78, 5) is 43.7. The normalized spacial score (nSPS) is 15.7. The number of hydrogen-bond donors (Lipinski definition) is 0. The number of carbonyl (C=O) groups excluding carboxylic acids is 2. The molecule has 0 aliphatic heterocycles. The van der Waals surface area contributed by atoms with Gasteiger partial charge in [-0.2, -0.15) is 0 Å². The standard InChI is InChI=1S/C8O4/c9-5-1-2(5)8(12)4-3(6(4)10)7(1)11. The van der Waals surface area contributed by atoms with E-state index in [2.05, 4.69) is 0 Å². The first-order valence-corrected chi connectivity index (χ1v) is 3.32. The van der Waals surface area contributed by atoms with Crippen molar-refractivity contribution in [2.24, 2.45) is 0 Å². The van der Waals surface area contributed by atoms with Gasteiger partial charge in [0.1, 0.15) is 0 Å². The highest BCUT2D eigenvalue weighted by molar-refractivity contribution is 6.35. The maximum Gasteiger partial charge on any atom is 0.202 e. The third-order valence-corrected chi connectivity index (χ3v) is 2.19. The summed E-state index contributed by atoms with van der Waals surface area (Å²) in [6, 6.07) is 0. The van der Waals surface area contributed by atoms with Crippen LogP contribution in [0.15, 0.2) is 9.59 Å². The maximum atomic E-state index is 11.1. The third kappa shape index (κ3) is 0.358. The Morgan fingerprint density at radius 1 is 0.500 bits per heavy atom. The minimum Gasteiger partial charge on any atom is -0.288 e. The summed E-state index contributed by atoms with van der Waals surface area (Å²) in [6.07, 6.45) is 0. The van der Waals surface area contributed by atoms with Crippen molar-refractivity contribution in [3.8, 4) is 0 Å². The van der Waals surface area contributed by atoms with Crippen molar-refractivity contribution in [3.05, 3.63) is 42.7 Å². The predicted octanol–water partition coefficient (Wildman–Crippen LogP) is -1.07. The molecule has 4 nitrogen and oxygen atoms in total. The predicted molar refractivity (Wildman–Crippen MR) is 37.0 cm³/mol. The van der Waals surface area contributed by atoms with Crippen molar-refractivity contribution in [2.75, 3.05) is 0 Å². The van der Waals surface area contributed by atoms with Crippen molar-refractivity contribution in [1.82, 2.24) is 0 Å². The summed E-state index contributed by atoms with van der Waals surface area (Å²) in [7, 11) is 0. The molecular weight excluding hydrogens is 160 g/mol. The second-order valence-corrected chi connectivity index (χ2v) is 2.82. The summed E-state index contributed by atoms with van der Waals surface area (Å²) in [5.41, 5.74) is -1.22. The van der Waals surface area contributed by atoms with Crippen LogP contribution in [0.2, 0.25) is 0 Å². The van der Waals surface area contributed by atoms with Crippen LogP contribution < -0.4 is 10.9 Å². The van der Waals surface area contributed by atoms with Gasteiger partial charge in [-0.25, -0.2) is 0 Å². The van der Waals surface area contributed by atoms with Gasteiger partial charge in [-0.15, -0.1) is 0 Å². The van der Waals surface area contributed by atoms with Crippen LogP contribution in [0.3, 0.4) is 0 Å². The zero-order valence-corrected chi connectivity index (χ0v) is 5.63. The van der Waals surface area contributed by atoms with E-state index < -0.39 is 22.4 Å². The van der Waals surface area contributed by atoms with Crippen LogP contribution in [0, 0.1) is 0 Å². The summed E-state index contributed by atoms with van der Waals surface area (Å²) < 4.78 is 0. The van der Waals surface area contributed by atoms with Crippen LogP contribution in [0.25, 0.3) is 0 Å². The Kier molecular flexibility index (Phi) is 0.597. The fourth-order valence-electron chi connectivity index (χ4n) is 1.46. The summed E-state index contributed by atoms with van der Waals surface area (Å²) in [5.74, 6) is -1.09. The Balaban J connectivity index is 2.37. The first kappa shape index (κ1) is 5.77. The van der Waals surface area contributed by atoms with Crippen LogP contribution >= 0.6 is 0 Å². The largest absolute Gasteiger partial charge is 0.288 e. The molecule has 0 heterocycles. The van der Waals surface area contributed by atoms with E-state index in [0.717, 1.165) is 0 Å². The lowest BCUT2D eigenvalue weighted by molar-refractivity contribution is 0.1000. The molecule has 0 amide bonds. The van der Waals surface area contributed by atoms with Crippen molar-refractivity contribution >= 4 is 11.6 Å². The summed E-state index contributed by atoms with van der Waals surface area (Å²) in [5, 5.41) is 0. The van der Waals surface area contributed by atoms with Gasteiger partial charge in [0.25, 0.3) is 0 Å². The first-order valence-electron chi connectivity index (χ1n) is 3.32. The Morgan fingerprint density at radius 2 is 0.750 bits per heavy atom. The molecule has 3 rings (SSSR count). The zero-order valence-electron chi connectivity index (χ0n) is 5.63. The quantitative estimate of drug-likeness (QED) is 0.420. The molecule has 0 saturated heterocycles. The van der Waals surface area contributed by atoms with Crippen LogP contribution in [0.1, 0.15) is 31.8 Å². The molecule has 1 aliphatic carbocycles. The minimum atomic E-state index is -0.547. The van der Waals surface area contributed by atoms with E-state index in [9.17, 15) is 19.2 Å². The molecule has 0 atom stereocenters. The summed E-state index contributed by atoms with van der Waals surface area (Å²) in [6.45, 7) is 0. The topological polar surface area (TPSA) is 68.3 Å². The Morgan fingerprint density at radius 3 is 1.00 bits per heavy atom. The molecule has 0 fully saturated rings. The Bertz CT molecular complexity index is 486. The SMILES string of the molecule is O=C1c2c(c2=O)C(=O)c2c1c2=O. The minimum absolute atomic E-state index is 0.0652. The maximum absolute atomic E-state index is 11.1. The van der Waals surface area contributed by atoms with E-state index in [1.807, 2.05) is 0 Å². The fraction of sp³-hybridized carbons (Fsp3) is 0. The monoisotopic (exact) mass is 160 g/mol. The number of ketones is 2. The molecule has 0 radical (unpaired) electrons. The van der Waals surface area contributed by atoms with Crippen molar-refractivity contribution in [1.29, 1.82) is 0 Å². The summed E-state index contributed by atoms with van der Waals surface area (Å²) >= 11 is 0. The average Bonchev–Trinajstić information content (AvgIpc) is 2.84. The van der Waals surface area contributed by atoms with Gasteiger partial charge in [0, 0.05) is 0 Å². The molecule has 0 N–H and O–H groups in total. The van der Waals surface area contributed by atoms with Gasteiger partial charge in [0.2, 0.25) is 22.4 Å². The number of rotatable bonds is 0. The van der Waals surface area contributed by atoms with E-state index in [1.165, 1.54) is 0 Å². The van der Waals surface area contributed by atoms with Crippen LogP contribution in [-0.2, 0) is 0 Å². The molecule has 4 heteroatoms. The van der Waals surface area contributed by atoms with Gasteiger partial charge in [-0.3, -0.25) is 19.2 Å². The van der Waals surface area contributed by atoms with Gasteiger partial charge in [-0.1, -0.05) is 0 Å². The Labute approximate surface area is 64.8 Å². The van der Waals surface area contributed by atoms with Crippen molar-refractivity contribution in [3.63, 3.8) is 0 Å². The number of hydrogen-bond acceptors (Lipinski definition) is 4. The lowest BCUT2D eigenvalue weighted by Crippen LogP contribution is -2.01. The molecule has 0 unspecified atom stereocenters. The second kappa shape index (κ2) is 1.24. The van der Waals surface area contributed by atoms with E-state index >= 15 is 0 Å². The van der Waals surface area contributed by atoms with Gasteiger partial charge < -0.3 is 0 Å². The molecule has 1 aliphatic rings. The number of fused-ring (bicyclic) bond motifs is 2. The van der Waals surface area contributed by atoms with Gasteiger partial charge in [0.15, 0.2) is 0 Å². The highest BCUT2D eigenvalue weighted by Gasteiger charge is 2.49. The van der Waals surface area contributed by atoms with Crippen molar-refractivity contribution in [2.45, 2.75) is 0 Å². The lowest BCUT2D eigenvalue weighted by atomic mass is 10.1. The second-order valence-electron chi connectivity index (χ2n) is 2.82. The molecule has 2 aromatic carbocycles. The van der Waals surface area contributed by atoms with Crippen LogP contribution in [0.5, 0.6) is 0 Å². The lowest BCUT2D eigenvalue weighted by Gasteiger charge is -1.87. The molecule has 0 aromatic heterocycles. The van der Waals surface area contributed by atoms with Crippen molar-refractivity contribution < 1.29 is 9.59 Å². The molecule has 56 valence electrons. The van der Waals surface area contributed by atoms with E-state index in [1.54, 1.807) is 0 Å². The molecular formula is C8O4. The van der Waals surface area contributed by atoms with E-state index in [-0.39, 0.29) is 22.3 Å². The third-order valence-electron chi connectivity index (χ3n) is 2.19.